The van der Waals surface area contributed by atoms with E-state index in [1.807, 2.05) is 35.1 Å². The summed E-state index contributed by atoms with van der Waals surface area (Å²) >= 11 is 0. The maximum absolute atomic E-state index is 5.77. The molecule has 0 bridgehead atoms. The van der Waals surface area contributed by atoms with E-state index in [2.05, 4.69) is 36.3 Å². The zero-order valence-corrected chi connectivity index (χ0v) is 12.3. The van der Waals surface area contributed by atoms with Crippen molar-refractivity contribution in [1.82, 2.24) is 9.78 Å². The van der Waals surface area contributed by atoms with E-state index in [9.17, 15) is 0 Å². The van der Waals surface area contributed by atoms with Crippen molar-refractivity contribution in [2.75, 3.05) is 6.61 Å². The highest BCUT2D eigenvalue weighted by Crippen LogP contribution is 2.14. The average molecular weight is 280 g/mol. The first kappa shape index (κ1) is 13.7. The maximum Gasteiger partial charge on any atom is 0.119 e. The van der Waals surface area contributed by atoms with Gasteiger partial charge in [-0.15, -0.1) is 0 Å². The number of nitrogens with zero attached hydrogens (tertiary/aromatic N) is 2. The highest BCUT2D eigenvalue weighted by atomic mass is 16.5. The van der Waals surface area contributed by atoms with Crippen molar-refractivity contribution >= 4 is 10.9 Å². The van der Waals surface area contributed by atoms with Gasteiger partial charge < -0.3 is 4.74 Å². The van der Waals surface area contributed by atoms with E-state index in [0.29, 0.717) is 6.61 Å². The Kier molecular flexibility index (Phi) is 4.20. The third-order valence-electron chi connectivity index (χ3n) is 3.67. The van der Waals surface area contributed by atoms with Gasteiger partial charge in [0.05, 0.1) is 18.3 Å². The third-order valence-corrected chi connectivity index (χ3v) is 3.67. The highest BCUT2D eigenvalue weighted by molar-refractivity contribution is 5.78. The molecule has 1 aromatic heterocycles. The van der Waals surface area contributed by atoms with E-state index in [1.54, 1.807) is 0 Å². The summed E-state index contributed by atoms with van der Waals surface area (Å²) in [6.07, 6.45) is 3.92. The number of hydrogen-bond acceptors (Lipinski definition) is 2. The summed E-state index contributed by atoms with van der Waals surface area (Å²) in [5, 5.41) is 5.61. The second-order valence-corrected chi connectivity index (χ2v) is 5.13. The molecular weight excluding hydrogens is 260 g/mol. The van der Waals surface area contributed by atoms with Crippen molar-refractivity contribution in [1.29, 1.82) is 0 Å². The number of fused-ring (bicyclic) bond motifs is 1. The summed E-state index contributed by atoms with van der Waals surface area (Å²) in [7, 11) is 0. The summed E-state index contributed by atoms with van der Waals surface area (Å²) in [4.78, 5) is 0. The van der Waals surface area contributed by atoms with Gasteiger partial charge in [0, 0.05) is 18.4 Å². The molecule has 0 aliphatic carbocycles. The first-order chi connectivity index (χ1) is 10.4. The molecule has 2 aromatic carbocycles. The fraction of sp³-hybridized carbons (Fsp3) is 0.278. The van der Waals surface area contributed by atoms with E-state index in [-0.39, 0.29) is 0 Å². The lowest BCUT2D eigenvalue weighted by Crippen LogP contribution is -2.05. The first-order valence-corrected chi connectivity index (χ1v) is 7.49. The topological polar surface area (TPSA) is 27.1 Å². The minimum atomic E-state index is 0.708. The van der Waals surface area contributed by atoms with Gasteiger partial charge in [-0.1, -0.05) is 37.3 Å². The molecule has 1 heterocycles. The second kappa shape index (κ2) is 6.44. The van der Waals surface area contributed by atoms with Gasteiger partial charge in [0.25, 0.3) is 0 Å². The van der Waals surface area contributed by atoms with Crippen LogP contribution in [0.25, 0.3) is 10.9 Å². The van der Waals surface area contributed by atoms with Crippen LogP contribution < -0.4 is 4.74 Å². The van der Waals surface area contributed by atoms with Gasteiger partial charge in [0.15, 0.2) is 0 Å². The van der Waals surface area contributed by atoms with Crippen LogP contribution in [0.2, 0.25) is 0 Å². The summed E-state index contributed by atoms with van der Waals surface area (Å²) in [5.41, 5.74) is 2.52. The van der Waals surface area contributed by atoms with Crippen LogP contribution >= 0.6 is 0 Å². The molecule has 3 heteroatoms. The molecule has 0 amide bonds. The van der Waals surface area contributed by atoms with E-state index in [0.717, 1.165) is 25.1 Å². The zero-order valence-electron chi connectivity index (χ0n) is 12.3. The van der Waals surface area contributed by atoms with E-state index < -0.39 is 0 Å². The molecular formula is C18H20N2O. The van der Waals surface area contributed by atoms with Crippen molar-refractivity contribution in [3.63, 3.8) is 0 Å². The van der Waals surface area contributed by atoms with E-state index >= 15 is 0 Å². The molecule has 0 saturated carbocycles. The maximum atomic E-state index is 5.77. The Labute approximate surface area is 125 Å². The molecule has 21 heavy (non-hydrogen) atoms. The Morgan fingerprint density at radius 1 is 1.05 bits per heavy atom. The van der Waals surface area contributed by atoms with Gasteiger partial charge in [-0.25, -0.2) is 0 Å². The first-order valence-electron chi connectivity index (χ1n) is 7.49. The largest absolute Gasteiger partial charge is 0.494 e. The predicted molar refractivity (Wildman–Crippen MR) is 85.7 cm³/mol. The van der Waals surface area contributed by atoms with Gasteiger partial charge in [-0.05, 0) is 30.2 Å². The lowest BCUT2D eigenvalue weighted by atomic mass is 10.2. The van der Waals surface area contributed by atoms with Crippen molar-refractivity contribution in [2.45, 2.75) is 26.3 Å². The van der Waals surface area contributed by atoms with Crippen LogP contribution in [-0.2, 0) is 13.0 Å². The van der Waals surface area contributed by atoms with Gasteiger partial charge in [-0.3, -0.25) is 4.68 Å². The van der Waals surface area contributed by atoms with Crippen LogP contribution in [0.4, 0.5) is 0 Å². The quantitative estimate of drug-likeness (QED) is 0.636. The Balaban J connectivity index is 1.51. The molecule has 0 aliphatic rings. The number of rotatable bonds is 6. The van der Waals surface area contributed by atoms with Crippen LogP contribution in [0.15, 0.2) is 54.7 Å². The second-order valence-electron chi connectivity index (χ2n) is 5.13. The molecule has 108 valence electrons. The normalized spacial score (nSPS) is 10.9. The van der Waals surface area contributed by atoms with Crippen LogP contribution in [0.1, 0.15) is 18.9 Å². The van der Waals surface area contributed by atoms with Crippen LogP contribution in [0.5, 0.6) is 5.75 Å². The lowest BCUT2D eigenvalue weighted by Gasteiger charge is -2.07. The SMILES string of the molecule is CCc1ccc(OCCCn2ncc3ccccc32)cc1. The number of benzene rings is 2. The summed E-state index contributed by atoms with van der Waals surface area (Å²) in [5.74, 6) is 0.942. The van der Waals surface area contributed by atoms with Crippen LogP contribution in [0.3, 0.4) is 0 Å². The molecule has 0 saturated heterocycles. The van der Waals surface area contributed by atoms with E-state index in [1.165, 1.54) is 16.5 Å². The molecule has 0 aliphatic heterocycles. The fourth-order valence-electron chi connectivity index (χ4n) is 2.43. The minimum absolute atomic E-state index is 0.708. The average Bonchev–Trinajstić information content (AvgIpc) is 2.95. The molecule has 0 atom stereocenters. The monoisotopic (exact) mass is 280 g/mol. The molecule has 0 radical (unpaired) electrons. The molecule has 3 aromatic rings. The summed E-state index contributed by atoms with van der Waals surface area (Å²) in [6, 6.07) is 16.6. The third kappa shape index (κ3) is 3.24. The van der Waals surface area contributed by atoms with Crippen molar-refractivity contribution in [2.24, 2.45) is 0 Å². The number of para-hydroxylation sites is 1. The standard InChI is InChI=1S/C18H20N2O/c1-2-15-8-10-17(11-9-15)21-13-5-12-20-18-7-4-3-6-16(18)14-19-20/h3-4,6-11,14H,2,5,12-13H2,1H3. The van der Waals surface area contributed by atoms with Crippen molar-refractivity contribution < 1.29 is 4.74 Å². The number of aryl methyl sites for hydroxylation is 2. The van der Waals surface area contributed by atoms with Gasteiger partial charge in [0.2, 0.25) is 0 Å². The number of hydrogen-bond donors (Lipinski definition) is 0. The Morgan fingerprint density at radius 3 is 2.67 bits per heavy atom. The van der Waals surface area contributed by atoms with Gasteiger partial charge in [-0.2, -0.15) is 5.10 Å². The Morgan fingerprint density at radius 2 is 1.86 bits per heavy atom. The zero-order chi connectivity index (χ0) is 14.5. The summed E-state index contributed by atoms with van der Waals surface area (Å²) < 4.78 is 7.82. The van der Waals surface area contributed by atoms with Crippen LogP contribution in [-0.4, -0.2) is 16.4 Å². The Bertz CT molecular complexity index is 701. The molecule has 0 unspecified atom stereocenters. The van der Waals surface area contributed by atoms with Gasteiger partial charge in [0.1, 0.15) is 5.75 Å². The molecule has 0 spiro atoms. The van der Waals surface area contributed by atoms with Crippen molar-refractivity contribution in [3.8, 4) is 5.75 Å². The molecule has 3 nitrogen and oxygen atoms in total. The van der Waals surface area contributed by atoms with Crippen LogP contribution in [0, 0.1) is 0 Å². The summed E-state index contributed by atoms with van der Waals surface area (Å²) in [6.45, 7) is 3.74. The van der Waals surface area contributed by atoms with Crippen molar-refractivity contribution in [3.05, 3.63) is 60.3 Å². The number of ether oxygens (including phenoxy) is 1. The molecule has 3 rings (SSSR count). The fourth-order valence-corrected chi connectivity index (χ4v) is 2.43. The molecule has 0 fully saturated rings. The highest BCUT2D eigenvalue weighted by Gasteiger charge is 2.01. The van der Waals surface area contributed by atoms with E-state index in [4.69, 9.17) is 4.74 Å². The molecule has 0 N–H and O–H groups in total. The lowest BCUT2D eigenvalue weighted by molar-refractivity contribution is 0.299. The smallest absolute Gasteiger partial charge is 0.119 e. The Hall–Kier alpha value is -2.29. The van der Waals surface area contributed by atoms with Gasteiger partial charge >= 0.3 is 0 Å². The minimum Gasteiger partial charge on any atom is -0.494 e. The predicted octanol–water partition coefficient (Wildman–Crippen LogP) is 4.07. The number of aromatic nitrogens is 2.